The summed E-state index contributed by atoms with van der Waals surface area (Å²) < 4.78 is 4.68. The number of amides is 1. The van der Waals surface area contributed by atoms with E-state index in [1.807, 2.05) is 18.2 Å². The Balaban J connectivity index is 2.28. The molecule has 0 spiro atoms. The molecule has 0 aromatic rings. The first-order chi connectivity index (χ1) is 12.1. The van der Waals surface area contributed by atoms with Crippen LogP contribution in [0.5, 0.6) is 0 Å². The van der Waals surface area contributed by atoms with Crippen LogP contribution in [0.1, 0.15) is 58.3 Å². The molecule has 0 heterocycles. The van der Waals surface area contributed by atoms with Crippen LogP contribution in [0.4, 0.5) is 4.79 Å². The molecule has 0 unspecified atom stereocenters. The summed E-state index contributed by atoms with van der Waals surface area (Å²) in [6.07, 6.45) is 21.6. The van der Waals surface area contributed by atoms with Gasteiger partial charge in [0.1, 0.15) is 0 Å². The Hall–Kier alpha value is -2.10. The van der Waals surface area contributed by atoms with Gasteiger partial charge in [-0.2, -0.15) is 0 Å². The van der Waals surface area contributed by atoms with Crippen molar-refractivity contribution >= 4 is 11.9 Å². The molecule has 1 atom stereocenters. The lowest BCUT2D eigenvalue weighted by molar-refractivity contribution is -0.111. The zero-order valence-corrected chi connectivity index (χ0v) is 15.3. The van der Waals surface area contributed by atoms with Gasteiger partial charge in [0.05, 0.1) is 6.61 Å². The van der Waals surface area contributed by atoms with Crippen molar-refractivity contribution in [3.63, 3.8) is 0 Å². The van der Waals surface area contributed by atoms with Crippen LogP contribution >= 0.6 is 0 Å². The summed E-state index contributed by atoms with van der Waals surface area (Å²) in [6, 6.07) is 0. The summed E-state index contributed by atoms with van der Waals surface area (Å²) in [5.74, 6) is 0.308. The molecule has 1 aliphatic carbocycles. The van der Waals surface area contributed by atoms with E-state index in [2.05, 4.69) is 29.9 Å². The van der Waals surface area contributed by atoms with Crippen LogP contribution in [0.25, 0.3) is 0 Å². The quantitative estimate of drug-likeness (QED) is 0.307. The number of nitrogens with two attached hydrogens (primary N) is 1. The first kappa shape index (κ1) is 20.9. The maximum Gasteiger partial charge on any atom is 0.404 e. The molecule has 4 nitrogen and oxygen atoms in total. The molecule has 0 fully saturated rings. The fourth-order valence-corrected chi connectivity index (χ4v) is 2.68. The van der Waals surface area contributed by atoms with Crippen molar-refractivity contribution in [1.82, 2.24) is 0 Å². The highest BCUT2D eigenvalue weighted by Crippen LogP contribution is 2.25. The molecule has 1 amide bonds. The number of allylic oxidation sites excluding steroid dienone is 8. The van der Waals surface area contributed by atoms with Crippen LogP contribution in [-0.4, -0.2) is 18.5 Å². The molecular formula is C21H31NO3. The number of carbonyl (C=O) groups is 2. The number of ketones is 1. The standard InChI is InChI=1S/C21H31NO3/c1-2-3-4-5-8-11-14-19-18(15-16-20(19)23)13-10-7-6-9-12-17-25-21(22)24/h7-8,10-11,14-16,18H,2-6,9,12-13,17H2,1H3,(H2,22,24)/b10-7-,11-8?,19-14?/t18-/m0/s1. The largest absolute Gasteiger partial charge is 0.450 e. The molecule has 1 aliphatic rings. The summed E-state index contributed by atoms with van der Waals surface area (Å²) in [6.45, 7) is 2.57. The van der Waals surface area contributed by atoms with Crippen LogP contribution in [-0.2, 0) is 9.53 Å². The van der Waals surface area contributed by atoms with Gasteiger partial charge >= 0.3 is 6.09 Å². The summed E-state index contributed by atoms with van der Waals surface area (Å²) in [5, 5.41) is 0. The molecule has 2 N–H and O–H groups in total. The molecule has 0 aromatic carbocycles. The molecular weight excluding hydrogens is 314 g/mol. The van der Waals surface area contributed by atoms with Crippen molar-refractivity contribution in [2.24, 2.45) is 11.7 Å². The second kappa shape index (κ2) is 13.2. The SMILES string of the molecule is CCCCCC=CC=C1C(=O)C=C[C@@H]1C/C=C\CCCCOC(N)=O. The van der Waals surface area contributed by atoms with E-state index in [-0.39, 0.29) is 11.7 Å². The van der Waals surface area contributed by atoms with Crippen molar-refractivity contribution in [3.8, 4) is 0 Å². The predicted octanol–water partition coefficient (Wildman–Crippen LogP) is 5.02. The van der Waals surface area contributed by atoms with Gasteiger partial charge in [-0.05, 0) is 44.6 Å². The molecule has 0 aliphatic heterocycles. The Morgan fingerprint density at radius 2 is 1.92 bits per heavy atom. The van der Waals surface area contributed by atoms with Crippen molar-refractivity contribution in [2.75, 3.05) is 6.61 Å². The fraction of sp³-hybridized carbons (Fsp3) is 0.524. The lowest BCUT2D eigenvalue weighted by atomic mass is 9.97. The van der Waals surface area contributed by atoms with Gasteiger partial charge in [0.2, 0.25) is 0 Å². The molecule has 25 heavy (non-hydrogen) atoms. The molecule has 0 aromatic heterocycles. The van der Waals surface area contributed by atoms with E-state index in [0.29, 0.717) is 6.61 Å². The first-order valence-corrected chi connectivity index (χ1v) is 9.31. The van der Waals surface area contributed by atoms with E-state index in [0.717, 1.165) is 37.7 Å². The minimum absolute atomic E-state index is 0.125. The second-order valence-electron chi connectivity index (χ2n) is 6.25. The highest BCUT2D eigenvalue weighted by Gasteiger charge is 2.20. The number of hydrogen-bond donors (Lipinski definition) is 1. The van der Waals surface area contributed by atoms with Crippen molar-refractivity contribution in [2.45, 2.75) is 58.3 Å². The highest BCUT2D eigenvalue weighted by molar-refractivity contribution is 6.07. The summed E-state index contributed by atoms with van der Waals surface area (Å²) in [5.41, 5.74) is 5.78. The topological polar surface area (TPSA) is 69.4 Å². The van der Waals surface area contributed by atoms with Crippen molar-refractivity contribution in [3.05, 3.63) is 48.1 Å². The highest BCUT2D eigenvalue weighted by atomic mass is 16.5. The monoisotopic (exact) mass is 345 g/mol. The van der Waals surface area contributed by atoms with Crippen molar-refractivity contribution in [1.29, 1.82) is 0 Å². The molecule has 0 saturated heterocycles. The summed E-state index contributed by atoms with van der Waals surface area (Å²) in [7, 11) is 0. The Bertz CT molecular complexity index is 529. The van der Waals surface area contributed by atoms with Crippen LogP contribution in [0.3, 0.4) is 0 Å². The van der Waals surface area contributed by atoms with Gasteiger partial charge in [0.25, 0.3) is 0 Å². The normalized spacial score (nSPS) is 18.8. The Morgan fingerprint density at radius 3 is 2.68 bits per heavy atom. The van der Waals surface area contributed by atoms with Gasteiger partial charge in [-0.15, -0.1) is 0 Å². The van der Waals surface area contributed by atoms with E-state index in [9.17, 15) is 9.59 Å². The summed E-state index contributed by atoms with van der Waals surface area (Å²) >= 11 is 0. The number of unbranched alkanes of at least 4 members (excludes halogenated alkanes) is 5. The Morgan fingerprint density at radius 1 is 1.16 bits per heavy atom. The van der Waals surface area contributed by atoms with E-state index in [1.165, 1.54) is 19.3 Å². The lowest BCUT2D eigenvalue weighted by Crippen LogP contribution is -2.13. The molecule has 0 saturated carbocycles. The summed E-state index contributed by atoms with van der Waals surface area (Å²) in [4.78, 5) is 22.4. The van der Waals surface area contributed by atoms with Gasteiger partial charge in [-0.3, -0.25) is 4.79 Å². The number of hydrogen-bond acceptors (Lipinski definition) is 3. The molecule has 0 radical (unpaired) electrons. The average Bonchev–Trinajstić information content (AvgIpc) is 2.93. The lowest BCUT2D eigenvalue weighted by Gasteiger charge is -2.06. The molecule has 138 valence electrons. The van der Waals surface area contributed by atoms with Gasteiger partial charge in [0, 0.05) is 11.5 Å². The second-order valence-corrected chi connectivity index (χ2v) is 6.25. The predicted molar refractivity (Wildman–Crippen MR) is 102 cm³/mol. The van der Waals surface area contributed by atoms with E-state index >= 15 is 0 Å². The zero-order chi connectivity index (χ0) is 18.3. The number of ether oxygens (including phenoxy) is 1. The number of primary amides is 1. The van der Waals surface area contributed by atoms with E-state index < -0.39 is 6.09 Å². The van der Waals surface area contributed by atoms with Crippen LogP contribution in [0.2, 0.25) is 0 Å². The van der Waals surface area contributed by atoms with E-state index in [4.69, 9.17) is 5.73 Å². The maximum absolute atomic E-state index is 11.9. The van der Waals surface area contributed by atoms with Crippen LogP contribution in [0, 0.1) is 5.92 Å². The maximum atomic E-state index is 11.9. The smallest absolute Gasteiger partial charge is 0.404 e. The van der Waals surface area contributed by atoms with E-state index in [1.54, 1.807) is 6.08 Å². The number of carbonyl (C=O) groups excluding carboxylic acids is 2. The van der Waals surface area contributed by atoms with Crippen LogP contribution in [0.15, 0.2) is 48.1 Å². The molecule has 1 rings (SSSR count). The average molecular weight is 345 g/mol. The minimum atomic E-state index is -0.716. The fourth-order valence-electron chi connectivity index (χ4n) is 2.68. The molecule has 0 bridgehead atoms. The first-order valence-electron chi connectivity index (χ1n) is 9.31. The van der Waals surface area contributed by atoms with Gasteiger partial charge < -0.3 is 10.5 Å². The van der Waals surface area contributed by atoms with Gasteiger partial charge in [-0.25, -0.2) is 4.79 Å². The Labute approximate surface area is 151 Å². The third kappa shape index (κ3) is 9.70. The Kier molecular flexibility index (Phi) is 11.1. The number of rotatable bonds is 12. The van der Waals surface area contributed by atoms with Crippen molar-refractivity contribution < 1.29 is 14.3 Å². The third-order valence-electron chi connectivity index (χ3n) is 4.12. The minimum Gasteiger partial charge on any atom is -0.450 e. The van der Waals surface area contributed by atoms with Gasteiger partial charge in [-0.1, -0.05) is 56.2 Å². The zero-order valence-electron chi connectivity index (χ0n) is 15.3. The van der Waals surface area contributed by atoms with Crippen LogP contribution < -0.4 is 5.73 Å². The third-order valence-corrected chi connectivity index (χ3v) is 4.12. The van der Waals surface area contributed by atoms with Gasteiger partial charge in [0.15, 0.2) is 5.78 Å². The molecule has 4 heteroatoms.